The normalized spacial score (nSPS) is 12.1. The Morgan fingerprint density at radius 2 is 1.71 bits per heavy atom. The molecular formula is C27H39N3O4S. The number of hydrogen-bond donors (Lipinski definition) is 1. The highest BCUT2D eigenvalue weighted by molar-refractivity contribution is 7.92. The van der Waals surface area contributed by atoms with Crippen LogP contribution in [-0.4, -0.2) is 50.5 Å². The van der Waals surface area contributed by atoms with E-state index in [1.54, 1.807) is 24.0 Å². The molecule has 0 aliphatic carbocycles. The van der Waals surface area contributed by atoms with Gasteiger partial charge in [0.15, 0.2) is 0 Å². The molecule has 0 saturated carbocycles. The minimum Gasteiger partial charge on any atom is -0.354 e. The van der Waals surface area contributed by atoms with Crippen LogP contribution in [0.3, 0.4) is 0 Å². The first-order chi connectivity index (χ1) is 16.6. The van der Waals surface area contributed by atoms with E-state index >= 15 is 0 Å². The van der Waals surface area contributed by atoms with Crippen molar-refractivity contribution in [2.24, 2.45) is 0 Å². The van der Waals surface area contributed by atoms with E-state index in [-0.39, 0.29) is 24.8 Å². The molecule has 0 unspecified atom stereocenters. The monoisotopic (exact) mass is 501 g/mol. The lowest BCUT2D eigenvalue weighted by Gasteiger charge is -2.29. The Morgan fingerprint density at radius 3 is 2.29 bits per heavy atom. The topological polar surface area (TPSA) is 86.8 Å². The van der Waals surface area contributed by atoms with Crippen LogP contribution in [-0.2, 0) is 32.6 Å². The summed E-state index contributed by atoms with van der Waals surface area (Å²) < 4.78 is 26.2. The predicted molar refractivity (Wildman–Crippen MR) is 142 cm³/mol. The molecule has 2 rings (SSSR count). The summed E-state index contributed by atoms with van der Waals surface area (Å²) in [7, 11) is -3.50. The summed E-state index contributed by atoms with van der Waals surface area (Å²) in [5.41, 5.74) is 3.73. The number of amides is 2. The van der Waals surface area contributed by atoms with Gasteiger partial charge in [-0.05, 0) is 56.4 Å². The van der Waals surface area contributed by atoms with E-state index in [1.807, 2.05) is 57.2 Å². The van der Waals surface area contributed by atoms with Gasteiger partial charge in [-0.2, -0.15) is 0 Å². The second-order valence-corrected chi connectivity index (χ2v) is 10.8. The zero-order chi connectivity index (χ0) is 26.0. The van der Waals surface area contributed by atoms with Crippen LogP contribution in [0.4, 0.5) is 5.69 Å². The number of sulfonamides is 1. The fourth-order valence-corrected chi connectivity index (χ4v) is 4.85. The third kappa shape index (κ3) is 8.69. The highest BCUT2D eigenvalue weighted by Gasteiger charge is 2.26. The van der Waals surface area contributed by atoms with Crippen molar-refractivity contribution in [3.8, 4) is 0 Å². The molecule has 192 valence electrons. The Labute approximate surface area is 210 Å². The van der Waals surface area contributed by atoms with E-state index in [4.69, 9.17) is 0 Å². The van der Waals surface area contributed by atoms with Crippen LogP contribution in [0.25, 0.3) is 0 Å². The molecular weight excluding hydrogens is 462 g/mol. The van der Waals surface area contributed by atoms with Gasteiger partial charge in [0.25, 0.3) is 0 Å². The lowest BCUT2D eigenvalue weighted by molar-refractivity contribution is -0.140. The third-order valence-corrected chi connectivity index (χ3v) is 7.13. The zero-order valence-corrected chi connectivity index (χ0v) is 22.4. The van der Waals surface area contributed by atoms with Gasteiger partial charge in [-0.1, -0.05) is 55.8 Å². The summed E-state index contributed by atoms with van der Waals surface area (Å²) in [4.78, 5) is 27.5. The molecule has 8 heteroatoms. The van der Waals surface area contributed by atoms with Gasteiger partial charge in [0.1, 0.15) is 6.04 Å². The lowest BCUT2D eigenvalue weighted by atomic mass is 10.1. The van der Waals surface area contributed by atoms with Gasteiger partial charge in [0.05, 0.1) is 11.9 Å². The van der Waals surface area contributed by atoms with E-state index in [2.05, 4.69) is 5.32 Å². The average Bonchev–Trinajstić information content (AvgIpc) is 2.82. The van der Waals surface area contributed by atoms with Gasteiger partial charge in [-0.3, -0.25) is 13.9 Å². The molecule has 35 heavy (non-hydrogen) atoms. The molecule has 2 aromatic carbocycles. The highest BCUT2D eigenvalue weighted by atomic mass is 32.2. The van der Waals surface area contributed by atoms with E-state index in [0.717, 1.165) is 29.5 Å². The number of aryl methyl sites for hydroxylation is 2. The van der Waals surface area contributed by atoms with Crippen molar-refractivity contribution in [2.45, 2.75) is 66.0 Å². The van der Waals surface area contributed by atoms with Gasteiger partial charge in [-0.25, -0.2) is 8.42 Å². The summed E-state index contributed by atoms with van der Waals surface area (Å²) in [5.74, 6) is -0.373. The van der Waals surface area contributed by atoms with Gasteiger partial charge in [0.2, 0.25) is 21.8 Å². The Hall–Kier alpha value is -2.87. The number of nitrogens with zero attached hydrogens (tertiary/aromatic N) is 2. The Balaban J connectivity index is 2.14. The Morgan fingerprint density at radius 1 is 1.03 bits per heavy atom. The van der Waals surface area contributed by atoms with Gasteiger partial charge in [0, 0.05) is 26.1 Å². The molecule has 2 amide bonds. The molecule has 0 fully saturated rings. The summed E-state index contributed by atoms with van der Waals surface area (Å²) in [6.45, 7) is 8.79. The number of carbonyl (C=O) groups excluding carboxylic acids is 2. The van der Waals surface area contributed by atoms with E-state index in [0.29, 0.717) is 25.2 Å². The summed E-state index contributed by atoms with van der Waals surface area (Å²) >= 11 is 0. The van der Waals surface area contributed by atoms with Crippen molar-refractivity contribution in [1.29, 1.82) is 0 Å². The molecule has 0 radical (unpaired) electrons. The van der Waals surface area contributed by atoms with Crippen molar-refractivity contribution in [3.63, 3.8) is 0 Å². The zero-order valence-electron chi connectivity index (χ0n) is 21.6. The molecule has 0 aromatic heterocycles. The van der Waals surface area contributed by atoms with Crippen LogP contribution in [0.1, 0.15) is 56.7 Å². The van der Waals surface area contributed by atoms with E-state index in [1.165, 1.54) is 10.6 Å². The molecule has 0 aliphatic heterocycles. The number of rotatable bonds is 13. The third-order valence-electron chi connectivity index (χ3n) is 5.94. The molecule has 0 bridgehead atoms. The van der Waals surface area contributed by atoms with Crippen LogP contribution in [0.15, 0.2) is 48.5 Å². The maximum absolute atomic E-state index is 13.3. The second-order valence-electron chi connectivity index (χ2n) is 8.94. The van der Waals surface area contributed by atoms with Crippen molar-refractivity contribution in [3.05, 3.63) is 65.2 Å². The molecule has 0 heterocycles. The van der Waals surface area contributed by atoms with Gasteiger partial charge >= 0.3 is 0 Å². The standard InChI is InChI=1S/C27H39N3O4S/c1-6-17-28-27(32)22(4)29(20-24-11-8-10-21(3)19-24)26(31)12-9-18-30(35(5,33)34)25-15-13-23(7-2)14-16-25/h8,10-11,13-16,19,22H,6-7,9,12,17-18,20H2,1-5H3,(H,28,32)/t22-/m1/s1. The number of carbonyl (C=O) groups is 2. The van der Waals surface area contributed by atoms with Crippen LogP contribution in [0.5, 0.6) is 0 Å². The van der Waals surface area contributed by atoms with Crippen molar-refractivity contribution in [1.82, 2.24) is 10.2 Å². The highest BCUT2D eigenvalue weighted by Crippen LogP contribution is 2.20. The van der Waals surface area contributed by atoms with Crippen molar-refractivity contribution >= 4 is 27.5 Å². The fourth-order valence-electron chi connectivity index (χ4n) is 3.89. The largest absolute Gasteiger partial charge is 0.354 e. The number of benzene rings is 2. The number of nitrogens with one attached hydrogen (secondary N) is 1. The van der Waals surface area contributed by atoms with Crippen LogP contribution in [0, 0.1) is 6.92 Å². The average molecular weight is 502 g/mol. The maximum Gasteiger partial charge on any atom is 0.242 e. The smallest absolute Gasteiger partial charge is 0.242 e. The molecule has 0 spiro atoms. The summed E-state index contributed by atoms with van der Waals surface area (Å²) in [5, 5.41) is 2.87. The van der Waals surface area contributed by atoms with Gasteiger partial charge < -0.3 is 10.2 Å². The SMILES string of the molecule is CCCNC(=O)[C@@H](C)N(Cc1cccc(C)c1)C(=O)CCCN(c1ccc(CC)cc1)S(C)(=O)=O. The summed E-state index contributed by atoms with van der Waals surface area (Å²) in [6, 6.07) is 14.7. The molecule has 7 nitrogen and oxygen atoms in total. The number of anilines is 1. The second kappa shape index (κ2) is 13.3. The van der Waals surface area contributed by atoms with Crippen LogP contribution >= 0.6 is 0 Å². The van der Waals surface area contributed by atoms with Gasteiger partial charge in [-0.15, -0.1) is 0 Å². The quantitative estimate of drug-likeness (QED) is 0.449. The summed E-state index contributed by atoms with van der Waals surface area (Å²) in [6.07, 6.45) is 3.33. The minimum absolute atomic E-state index is 0.135. The number of hydrogen-bond acceptors (Lipinski definition) is 4. The van der Waals surface area contributed by atoms with Crippen LogP contribution in [0.2, 0.25) is 0 Å². The Kier molecular flexibility index (Phi) is 10.8. The van der Waals surface area contributed by atoms with Crippen molar-refractivity contribution in [2.75, 3.05) is 23.7 Å². The molecule has 2 aromatic rings. The first-order valence-corrected chi connectivity index (χ1v) is 14.1. The Bertz CT molecular complexity index is 1080. The molecule has 0 aliphatic rings. The van der Waals surface area contributed by atoms with E-state index < -0.39 is 16.1 Å². The predicted octanol–water partition coefficient (Wildman–Crippen LogP) is 4.05. The van der Waals surface area contributed by atoms with E-state index in [9.17, 15) is 18.0 Å². The van der Waals surface area contributed by atoms with Crippen molar-refractivity contribution < 1.29 is 18.0 Å². The first-order valence-electron chi connectivity index (χ1n) is 12.3. The minimum atomic E-state index is -3.50. The maximum atomic E-state index is 13.3. The fraction of sp³-hybridized carbons (Fsp3) is 0.481. The molecule has 1 N–H and O–H groups in total. The van der Waals surface area contributed by atoms with Crippen LogP contribution < -0.4 is 9.62 Å². The molecule has 1 atom stereocenters. The molecule has 0 saturated heterocycles. The first kappa shape index (κ1) is 28.4. The lowest BCUT2D eigenvalue weighted by Crippen LogP contribution is -2.47.